The molecule has 0 radical (unpaired) electrons. The molecule has 0 spiro atoms. The van der Waals surface area contributed by atoms with Gasteiger partial charge in [0, 0.05) is 34.4 Å². The minimum atomic E-state index is -0.373. The molecule has 0 aromatic heterocycles. The molecular formula is C75H92N4O7. The van der Waals surface area contributed by atoms with E-state index in [-0.39, 0.29) is 58.7 Å². The Labute approximate surface area is 511 Å². The maximum Gasteiger partial charge on any atom is 0.412 e. The third-order valence-corrected chi connectivity index (χ3v) is 19.7. The highest BCUT2D eigenvalue weighted by Crippen LogP contribution is 2.39. The number of amides is 3. The van der Waals surface area contributed by atoms with Gasteiger partial charge in [-0.3, -0.25) is 0 Å². The second-order valence-corrected chi connectivity index (χ2v) is 26.7. The van der Waals surface area contributed by atoms with Crippen LogP contribution in [0.5, 0.6) is 17.2 Å². The van der Waals surface area contributed by atoms with Crippen LogP contribution >= 0.6 is 0 Å². The fraction of sp³-hybridized carbons (Fsp3) is 0.467. The van der Waals surface area contributed by atoms with E-state index in [1.165, 1.54) is 59.1 Å². The number of rotatable bonds is 17. The summed E-state index contributed by atoms with van der Waals surface area (Å²) in [6.07, 6.45) is 20.2. The number of isocyanates is 1. The first-order valence-corrected chi connectivity index (χ1v) is 32.0. The zero-order valence-electron chi connectivity index (χ0n) is 51.7. The lowest BCUT2D eigenvalue weighted by Gasteiger charge is -2.34. The number of benzene rings is 6. The molecule has 0 bridgehead atoms. The van der Waals surface area contributed by atoms with Crippen molar-refractivity contribution in [3.8, 4) is 17.2 Å². The molecule has 4 fully saturated rings. The fourth-order valence-electron chi connectivity index (χ4n) is 13.9. The van der Waals surface area contributed by atoms with Crippen LogP contribution in [0.25, 0.3) is 0 Å². The minimum absolute atomic E-state index is 0.122. The zero-order valence-corrected chi connectivity index (χ0v) is 51.7. The standard InChI is InChI=1S/C45H54N2O4.C30H38N2O3/c1-44(2,34-11-7-5-8-12-34)36-19-27-40(28-20-36)50-42(48)46-38-23-15-32(16-24-38)31-33-17-25-39(26-18-33)47-43(49)51-41-29-21-37(22-30-41)45(3,4)35-13-9-6-10-14-35;1-30(2,24-6-4-3-5-7-24)25-12-18-28(19-13-25)35-29(34)32-27-16-10-23(11-17-27)20-22-8-14-26(15-9-22)31-21-33/h5-14,19-22,27-30,32-33,38-39H,15-18,23-26,31H2,1-4H3,(H,46,48)(H,47,49);3-7,12-13,18-19,22-23,26-27H,8-11,14-17,20H2,1-2H3,(H,32,34). The van der Waals surface area contributed by atoms with Crippen molar-refractivity contribution in [2.75, 3.05) is 0 Å². The van der Waals surface area contributed by atoms with Crippen LogP contribution in [-0.4, -0.2) is 48.5 Å². The molecule has 3 N–H and O–H groups in total. The third-order valence-electron chi connectivity index (χ3n) is 19.7. The summed E-state index contributed by atoms with van der Waals surface area (Å²) in [5, 5.41) is 9.28. The summed E-state index contributed by atoms with van der Waals surface area (Å²) < 4.78 is 16.9. The van der Waals surface area contributed by atoms with Gasteiger partial charge in [0.1, 0.15) is 17.2 Å². The average Bonchev–Trinajstić information content (AvgIpc) is 3.67. The highest BCUT2D eigenvalue weighted by atomic mass is 16.6. The molecule has 6 aromatic carbocycles. The number of hydrogen-bond acceptors (Lipinski definition) is 8. The van der Waals surface area contributed by atoms with Crippen molar-refractivity contribution in [2.24, 2.45) is 28.7 Å². The van der Waals surface area contributed by atoms with Crippen LogP contribution in [0.3, 0.4) is 0 Å². The van der Waals surface area contributed by atoms with Gasteiger partial charge in [-0.05, 0) is 209 Å². The van der Waals surface area contributed by atoms with E-state index in [2.05, 4.69) is 135 Å². The van der Waals surface area contributed by atoms with E-state index in [0.717, 1.165) is 102 Å². The number of hydrogen-bond donors (Lipinski definition) is 3. The Bertz CT molecular complexity index is 2980. The van der Waals surface area contributed by atoms with E-state index in [1.807, 2.05) is 91.0 Å². The molecule has 0 heterocycles. The largest absolute Gasteiger partial charge is 0.412 e. The molecule has 4 aliphatic carbocycles. The Balaban J connectivity index is 0.000000220. The Hall–Kier alpha value is -7.49. The molecule has 0 atom stereocenters. The van der Waals surface area contributed by atoms with Crippen LogP contribution in [-0.2, 0) is 21.0 Å². The molecule has 4 saturated carbocycles. The van der Waals surface area contributed by atoms with E-state index in [4.69, 9.17) is 14.2 Å². The van der Waals surface area contributed by atoms with Crippen LogP contribution < -0.4 is 30.2 Å². The van der Waals surface area contributed by atoms with Crippen LogP contribution in [0, 0.1) is 23.7 Å². The van der Waals surface area contributed by atoms with Gasteiger partial charge in [-0.25, -0.2) is 24.2 Å². The van der Waals surface area contributed by atoms with Crippen molar-refractivity contribution < 1.29 is 33.4 Å². The molecule has 3 amide bonds. The van der Waals surface area contributed by atoms with Gasteiger partial charge in [0.15, 0.2) is 0 Å². The first-order chi connectivity index (χ1) is 41.5. The predicted molar refractivity (Wildman–Crippen MR) is 343 cm³/mol. The Morgan fingerprint density at radius 1 is 0.360 bits per heavy atom. The lowest BCUT2D eigenvalue weighted by molar-refractivity contribution is 0.174. The molecule has 454 valence electrons. The van der Waals surface area contributed by atoms with Gasteiger partial charge in [-0.2, -0.15) is 0 Å². The molecule has 11 nitrogen and oxygen atoms in total. The Morgan fingerprint density at radius 2 is 0.593 bits per heavy atom. The van der Waals surface area contributed by atoms with Crippen molar-refractivity contribution in [1.29, 1.82) is 0 Å². The summed E-state index contributed by atoms with van der Waals surface area (Å²) in [5.74, 6) is 4.55. The molecule has 4 aliphatic rings. The SMILES string of the molecule is CC(C)(c1ccccc1)c1ccc(OC(=O)NC2CCC(CC3CCC(N=C=O)CC3)CC2)cc1.CC(C)(c1ccccc1)c1ccc(OC(=O)NC2CCC(CC3CCC(NC(=O)Oc4ccc(C(C)(C)c5ccccc5)cc4)CC3)CC2)cc1. The third kappa shape index (κ3) is 17.6. The number of nitrogens with zero attached hydrogens (tertiary/aromatic N) is 1. The average molecular weight is 1160 g/mol. The van der Waals surface area contributed by atoms with E-state index in [0.29, 0.717) is 29.1 Å². The number of ether oxygens (including phenoxy) is 3. The number of aliphatic imine (C=N–C) groups is 1. The minimum Gasteiger partial charge on any atom is -0.410 e. The summed E-state index contributed by atoms with van der Waals surface area (Å²) in [5.41, 5.74) is 6.87. The summed E-state index contributed by atoms with van der Waals surface area (Å²) in [7, 11) is 0. The smallest absolute Gasteiger partial charge is 0.410 e. The highest BCUT2D eigenvalue weighted by molar-refractivity contribution is 5.72. The van der Waals surface area contributed by atoms with E-state index >= 15 is 0 Å². The van der Waals surface area contributed by atoms with E-state index < -0.39 is 0 Å². The lowest BCUT2D eigenvalue weighted by Crippen LogP contribution is -2.40. The van der Waals surface area contributed by atoms with Gasteiger partial charge in [-0.15, -0.1) is 0 Å². The molecule has 11 heteroatoms. The van der Waals surface area contributed by atoms with Crippen molar-refractivity contribution >= 4 is 24.4 Å². The number of carbonyl (C=O) groups excluding carboxylic acids is 4. The highest BCUT2D eigenvalue weighted by Gasteiger charge is 2.32. The van der Waals surface area contributed by atoms with Gasteiger partial charge in [0.25, 0.3) is 0 Å². The normalized spacial score (nSPS) is 22.5. The zero-order chi connectivity index (χ0) is 60.5. The van der Waals surface area contributed by atoms with Gasteiger partial charge in [-0.1, -0.05) is 169 Å². The van der Waals surface area contributed by atoms with E-state index in [1.54, 1.807) is 6.08 Å². The first kappa shape index (κ1) is 63.0. The van der Waals surface area contributed by atoms with Gasteiger partial charge in [0.05, 0.1) is 6.04 Å². The summed E-state index contributed by atoms with van der Waals surface area (Å²) in [6.45, 7) is 13.2. The quantitative estimate of drug-likeness (QED) is 0.0609. The monoisotopic (exact) mass is 1160 g/mol. The van der Waals surface area contributed by atoms with Crippen LogP contribution in [0.15, 0.2) is 169 Å². The number of carbonyl (C=O) groups is 3. The molecule has 6 aromatic rings. The summed E-state index contributed by atoms with van der Waals surface area (Å²) in [6, 6.07) is 55.6. The van der Waals surface area contributed by atoms with Crippen molar-refractivity contribution in [1.82, 2.24) is 16.0 Å². The van der Waals surface area contributed by atoms with E-state index in [9.17, 15) is 19.2 Å². The van der Waals surface area contributed by atoms with Crippen molar-refractivity contribution in [3.63, 3.8) is 0 Å². The molecule has 0 saturated heterocycles. The van der Waals surface area contributed by atoms with Gasteiger partial charge in [0.2, 0.25) is 6.08 Å². The van der Waals surface area contributed by atoms with Crippen LogP contribution in [0.2, 0.25) is 0 Å². The topological polar surface area (TPSA) is 144 Å². The van der Waals surface area contributed by atoms with Crippen LogP contribution in [0.1, 0.15) is 190 Å². The van der Waals surface area contributed by atoms with Crippen molar-refractivity contribution in [2.45, 2.75) is 198 Å². The second-order valence-electron chi connectivity index (χ2n) is 26.7. The molecule has 10 rings (SSSR count). The lowest BCUT2D eigenvalue weighted by atomic mass is 9.76. The van der Waals surface area contributed by atoms with Gasteiger partial charge < -0.3 is 30.2 Å². The summed E-state index contributed by atoms with van der Waals surface area (Å²) >= 11 is 0. The number of nitrogens with one attached hydrogen (secondary N) is 3. The maximum atomic E-state index is 12.7. The maximum absolute atomic E-state index is 12.7. The second kappa shape index (κ2) is 29.7. The predicted octanol–water partition coefficient (Wildman–Crippen LogP) is 17.7. The van der Waals surface area contributed by atoms with Gasteiger partial charge >= 0.3 is 18.3 Å². The Kier molecular flexibility index (Phi) is 21.8. The molecular weight excluding hydrogens is 1070 g/mol. The molecule has 86 heavy (non-hydrogen) atoms. The molecule has 0 unspecified atom stereocenters. The molecule has 0 aliphatic heterocycles. The Morgan fingerprint density at radius 3 is 0.837 bits per heavy atom. The fourth-order valence-corrected chi connectivity index (χ4v) is 13.9. The summed E-state index contributed by atoms with van der Waals surface area (Å²) in [4.78, 5) is 52.3. The van der Waals surface area contributed by atoms with Crippen molar-refractivity contribution in [3.05, 3.63) is 197 Å². The first-order valence-electron chi connectivity index (χ1n) is 32.0. The van der Waals surface area contributed by atoms with Crippen LogP contribution in [0.4, 0.5) is 14.4 Å².